The SMILES string of the molecule is COc1ccccc1NC(=O)COc1ccc(Br)cc1/C=N/NC(=O)c1ccc(C)cc1. The number of hydrazone groups is 1. The summed E-state index contributed by atoms with van der Waals surface area (Å²) in [5.74, 6) is 0.334. The van der Waals surface area contributed by atoms with Gasteiger partial charge in [-0.3, -0.25) is 9.59 Å². The zero-order chi connectivity index (χ0) is 22.9. The van der Waals surface area contributed by atoms with E-state index in [2.05, 4.69) is 31.8 Å². The van der Waals surface area contributed by atoms with Gasteiger partial charge in [0.2, 0.25) is 0 Å². The van der Waals surface area contributed by atoms with E-state index < -0.39 is 0 Å². The van der Waals surface area contributed by atoms with Crippen molar-refractivity contribution in [3.8, 4) is 11.5 Å². The number of hydrogen-bond donors (Lipinski definition) is 2. The lowest BCUT2D eigenvalue weighted by molar-refractivity contribution is -0.118. The summed E-state index contributed by atoms with van der Waals surface area (Å²) in [6.07, 6.45) is 1.46. The molecular weight excluding hydrogens is 474 g/mol. The van der Waals surface area contributed by atoms with E-state index in [4.69, 9.17) is 9.47 Å². The summed E-state index contributed by atoms with van der Waals surface area (Å²) in [6.45, 7) is 1.74. The van der Waals surface area contributed by atoms with Crippen molar-refractivity contribution in [1.82, 2.24) is 5.43 Å². The van der Waals surface area contributed by atoms with Gasteiger partial charge in [-0.05, 0) is 49.4 Å². The Kier molecular flexibility index (Phi) is 7.99. The highest BCUT2D eigenvalue weighted by Crippen LogP contribution is 2.24. The number of para-hydroxylation sites is 2. The number of nitrogens with one attached hydrogen (secondary N) is 2. The molecule has 2 N–H and O–H groups in total. The molecule has 164 valence electrons. The first-order chi connectivity index (χ1) is 15.5. The maximum absolute atomic E-state index is 12.3. The molecule has 0 aliphatic heterocycles. The first-order valence-corrected chi connectivity index (χ1v) is 10.5. The third kappa shape index (κ3) is 6.42. The molecule has 3 aromatic carbocycles. The van der Waals surface area contributed by atoms with E-state index in [0.717, 1.165) is 10.0 Å². The van der Waals surface area contributed by atoms with Crippen LogP contribution in [0.25, 0.3) is 0 Å². The monoisotopic (exact) mass is 495 g/mol. The molecule has 8 heteroatoms. The van der Waals surface area contributed by atoms with Gasteiger partial charge in [-0.2, -0.15) is 5.10 Å². The number of aryl methyl sites for hydroxylation is 1. The summed E-state index contributed by atoms with van der Waals surface area (Å²) in [5.41, 5.74) is 5.21. The van der Waals surface area contributed by atoms with Crippen molar-refractivity contribution in [2.45, 2.75) is 6.92 Å². The third-order valence-electron chi connectivity index (χ3n) is 4.40. The molecule has 32 heavy (non-hydrogen) atoms. The number of carbonyl (C=O) groups is 2. The fourth-order valence-electron chi connectivity index (χ4n) is 2.76. The number of ether oxygens (including phenoxy) is 2. The lowest BCUT2D eigenvalue weighted by atomic mass is 10.1. The Labute approximate surface area is 194 Å². The predicted molar refractivity (Wildman–Crippen MR) is 127 cm³/mol. The van der Waals surface area contributed by atoms with Crippen LogP contribution >= 0.6 is 15.9 Å². The van der Waals surface area contributed by atoms with Crippen molar-refractivity contribution in [3.63, 3.8) is 0 Å². The molecule has 0 saturated heterocycles. The van der Waals surface area contributed by atoms with Crippen LogP contribution in [0, 0.1) is 6.92 Å². The van der Waals surface area contributed by atoms with Gasteiger partial charge < -0.3 is 14.8 Å². The van der Waals surface area contributed by atoms with Crippen LogP contribution in [-0.4, -0.2) is 31.7 Å². The molecule has 0 radical (unpaired) electrons. The minimum absolute atomic E-state index is 0.212. The molecule has 0 aliphatic carbocycles. The maximum Gasteiger partial charge on any atom is 0.271 e. The third-order valence-corrected chi connectivity index (χ3v) is 4.89. The molecule has 3 aromatic rings. The Balaban J connectivity index is 1.63. The standard InChI is InChI=1S/C24H22BrN3O4/c1-16-7-9-17(10-8-16)24(30)28-26-14-18-13-19(25)11-12-21(18)32-15-23(29)27-20-5-3-4-6-22(20)31-2/h3-14H,15H2,1-2H3,(H,27,29)(H,28,30)/b26-14+. The van der Waals surface area contributed by atoms with Crippen LogP contribution in [0.2, 0.25) is 0 Å². The zero-order valence-corrected chi connectivity index (χ0v) is 19.2. The molecule has 0 fully saturated rings. The highest BCUT2D eigenvalue weighted by molar-refractivity contribution is 9.10. The lowest BCUT2D eigenvalue weighted by Gasteiger charge is -2.12. The first kappa shape index (κ1) is 23.0. The summed E-state index contributed by atoms with van der Waals surface area (Å²) in [5, 5.41) is 6.77. The van der Waals surface area contributed by atoms with Crippen LogP contribution < -0.4 is 20.2 Å². The van der Waals surface area contributed by atoms with Crippen LogP contribution in [0.4, 0.5) is 5.69 Å². The van der Waals surface area contributed by atoms with Crippen molar-refractivity contribution in [1.29, 1.82) is 0 Å². The second-order valence-electron chi connectivity index (χ2n) is 6.78. The fraction of sp³-hybridized carbons (Fsp3) is 0.125. The molecule has 2 amide bonds. The number of amides is 2. The summed E-state index contributed by atoms with van der Waals surface area (Å²) >= 11 is 3.40. The summed E-state index contributed by atoms with van der Waals surface area (Å²) in [6, 6.07) is 19.6. The van der Waals surface area contributed by atoms with E-state index >= 15 is 0 Å². The van der Waals surface area contributed by atoms with Gasteiger partial charge in [-0.25, -0.2) is 5.43 Å². The number of anilines is 1. The average molecular weight is 496 g/mol. The van der Waals surface area contributed by atoms with E-state index in [-0.39, 0.29) is 18.4 Å². The fourth-order valence-corrected chi connectivity index (χ4v) is 3.14. The van der Waals surface area contributed by atoms with E-state index in [0.29, 0.717) is 28.3 Å². The van der Waals surface area contributed by atoms with Crippen LogP contribution in [0.15, 0.2) is 76.3 Å². The normalized spacial score (nSPS) is 10.6. The number of benzene rings is 3. The van der Waals surface area contributed by atoms with E-state index in [1.807, 2.05) is 25.1 Å². The second-order valence-corrected chi connectivity index (χ2v) is 7.70. The molecule has 0 aromatic heterocycles. The van der Waals surface area contributed by atoms with E-state index in [1.165, 1.54) is 13.3 Å². The molecule has 0 unspecified atom stereocenters. The van der Waals surface area contributed by atoms with E-state index in [9.17, 15) is 9.59 Å². The summed E-state index contributed by atoms with van der Waals surface area (Å²) in [7, 11) is 1.53. The number of carbonyl (C=O) groups excluding carboxylic acids is 2. The molecule has 0 spiro atoms. The Hall–Kier alpha value is -3.65. The summed E-state index contributed by atoms with van der Waals surface area (Å²) < 4.78 is 11.7. The second kappa shape index (κ2) is 11.1. The molecular formula is C24H22BrN3O4. The molecule has 3 rings (SSSR count). The van der Waals surface area contributed by atoms with Gasteiger partial charge in [0.25, 0.3) is 11.8 Å². The summed E-state index contributed by atoms with van der Waals surface area (Å²) in [4.78, 5) is 24.5. The van der Waals surface area contributed by atoms with Crippen molar-refractivity contribution in [2.24, 2.45) is 5.10 Å². The van der Waals surface area contributed by atoms with Crippen molar-refractivity contribution < 1.29 is 19.1 Å². The average Bonchev–Trinajstić information content (AvgIpc) is 2.79. The van der Waals surface area contributed by atoms with Gasteiger partial charge in [-0.15, -0.1) is 0 Å². The Morgan fingerprint density at radius 1 is 1.03 bits per heavy atom. The van der Waals surface area contributed by atoms with Gasteiger partial charge >= 0.3 is 0 Å². The van der Waals surface area contributed by atoms with Crippen LogP contribution in [0.3, 0.4) is 0 Å². The molecule has 0 atom stereocenters. The van der Waals surface area contributed by atoms with Gasteiger partial charge in [0.15, 0.2) is 6.61 Å². The number of hydrogen-bond acceptors (Lipinski definition) is 5. The van der Waals surface area contributed by atoms with Crippen LogP contribution in [0.5, 0.6) is 11.5 Å². The quantitative estimate of drug-likeness (QED) is 0.354. The maximum atomic E-state index is 12.3. The van der Waals surface area contributed by atoms with Crippen LogP contribution in [-0.2, 0) is 4.79 Å². The van der Waals surface area contributed by atoms with Crippen LogP contribution in [0.1, 0.15) is 21.5 Å². The Bertz CT molecular complexity index is 1130. The molecule has 0 bridgehead atoms. The predicted octanol–water partition coefficient (Wildman–Crippen LogP) is 4.55. The molecule has 0 saturated carbocycles. The van der Waals surface area contributed by atoms with Gasteiger partial charge in [0.1, 0.15) is 11.5 Å². The number of halogens is 1. The largest absolute Gasteiger partial charge is 0.495 e. The van der Waals surface area contributed by atoms with Crippen molar-refractivity contribution in [2.75, 3.05) is 19.0 Å². The van der Waals surface area contributed by atoms with Gasteiger partial charge in [0, 0.05) is 15.6 Å². The highest BCUT2D eigenvalue weighted by Gasteiger charge is 2.10. The minimum Gasteiger partial charge on any atom is -0.495 e. The number of methoxy groups -OCH3 is 1. The lowest BCUT2D eigenvalue weighted by Crippen LogP contribution is -2.21. The zero-order valence-electron chi connectivity index (χ0n) is 17.6. The molecule has 0 heterocycles. The topological polar surface area (TPSA) is 89.0 Å². The van der Waals surface area contributed by atoms with Gasteiger partial charge in [-0.1, -0.05) is 45.8 Å². The minimum atomic E-state index is -0.340. The Morgan fingerprint density at radius 2 is 1.78 bits per heavy atom. The molecule has 7 nitrogen and oxygen atoms in total. The Morgan fingerprint density at radius 3 is 2.53 bits per heavy atom. The molecule has 0 aliphatic rings. The number of nitrogens with zero attached hydrogens (tertiary/aromatic N) is 1. The van der Waals surface area contributed by atoms with Crippen molar-refractivity contribution >= 4 is 39.6 Å². The smallest absolute Gasteiger partial charge is 0.271 e. The number of rotatable bonds is 8. The van der Waals surface area contributed by atoms with E-state index in [1.54, 1.807) is 48.5 Å². The van der Waals surface area contributed by atoms with Gasteiger partial charge in [0.05, 0.1) is 19.0 Å². The van der Waals surface area contributed by atoms with Crippen molar-refractivity contribution in [3.05, 3.63) is 87.9 Å². The first-order valence-electron chi connectivity index (χ1n) is 9.71. The highest BCUT2D eigenvalue weighted by atomic mass is 79.9.